The lowest BCUT2D eigenvalue weighted by atomic mass is 10.1. The van der Waals surface area contributed by atoms with Crippen molar-refractivity contribution in [1.29, 1.82) is 0 Å². The minimum absolute atomic E-state index is 0.202. The van der Waals surface area contributed by atoms with Gasteiger partial charge in [-0.05, 0) is 36.8 Å². The second-order valence-electron chi connectivity index (χ2n) is 6.14. The van der Waals surface area contributed by atoms with E-state index in [9.17, 15) is 9.59 Å². The second kappa shape index (κ2) is 9.01. The first-order valence-corrected chi connectivity index (χ1v) is 8.39. The monoisotopic (exact) mass is 355 g/mol. The number of aryl methyl sites for hydroxylation is 1. The Hall–Kier alpha value is -2.86. The SMILES string of the molecule is COCCNC(=O)c1cc(NC(=O)c2ccccc2C)ccc1N(C)C. The van der Waals surface area contributed by atoms with Gasteiger partial charge in [0.2, 0.25) is 0 Å². The third-order valence-corrected chi connectivity index (χ3v) is 3.96. The lowest BCUT2D eigenvalue weighted by Crippen LogP contribution is -2.28. The van der Waals surface area contributed by atoms with Crippen molar-refractivity contribution in [3.63, 3.8) is 0 Å². The van der Waals surface area contributed by atoms with Crippen LogP contribution in [0.5, 0.6) is 0 Å². The lowest BCUT2D eigenvalue weighted by molar-refractivity contribution is 0.0936. The van der Waals surface area contributed by atoms with E-state index in [4.69, 9.17) is 4.74 Å². The summed E-state index contributed by atoms with van der Waals surface area (Å²) in [7, 11) is 5.32. The van der Waals surface area contributed by atoms with Crippen molar-refractivity contribution < 1.29 is 14.3 Å². The van der Waals surface area contributed by atoms with Crippen LogP contribution in [0.15, 0.2) is 42.5 Å². The quantitative estimate of drug-likeness (QED) is 0.749. The van der Waals surface area contributed by atoms with Crippen LogP contribution in [0.2, 0.25) is 0 Å². The Kier molecular flexibility index (Phi) is 6.74. The first kappa shape index (κ1) is 19.5. The van der Waals surface area contributed by atoms with E-state index >= 15 is 0 Å². The molecule has 0 spiro atoms. The molecule has 2 rings (SSSR count). The van der Waals surface area contributed by atoms with E-state index in [1.54, 1.807) is 25.3 Å². The Balaban J connectivity index is 2.24. The third kappa shape index (κ3) is 4.83. The molecule has 2 amide bonds. The zero-order valence-corrected chi connectivity index (χ0v) is 15.6. The van der Waals surface area contributed by atoms with E-state index in [2.05, 4.69) is 10.6 Å². The minimum atomic E-state index is -0.210. The molecule has 0 radical (unpaired) electrons. The number of hydrogen-bond donors (Lipinski definition) is 2. The highest BCUT2D eigenvalue weighted by Crippen LogP contribution is 2.23. The van der Waals surface area contributed by atoms with E-state index in [1.807, 2.05) is 50.2 Å². The number of amides is 2. The van der Waals surface area contributed by atoms with Gasteiger partial charge in [-0.2, -0.15) is 0 Å². The first-order chi connectivity index (χ1) is 12.4. The van der Waals surface area contributed by atoms with Gasteiger partial charge in [0, 0.05) is 44.7 Å². The third-order valence-electron chi connectivity index (χ3n) is 3.96. The number of rotatable bonds is 7. The van der Waals surface area contributed by atoms with Crippen LogP contribution in [0.25, 0.3) is 0 Å². The molecule has 6 nitrogen and oxygen atoms in total. The molecule has 2 N–H and O–H groups in total. The molecule has 138 valence electrons. The molecule has 2 aromatic carbocycles. The standard InChI is InChI=1S/C20H25N3O3/c1-14-7-5-6-8-16(14)20(25)22-15-9-10-18(23(2)3)17(13-15)19(24)21-11-12-26-4/h5-10,13H,11-12H2,1-4H3,(H,21,24)(H,22,25). The number of nitrogens with one attached hydrogen (secondary N) is 2. The average molecular weight is 355 g/mol. The highest BCUT2D eigenvalue weighted by molar-refractivity contribution is 6.07. The normalized spacial score (nSPS) is 10.3. The maximum atomic E-state index is 12.5. The van der Waals surface area contributed by atoms with Crippen molar-refractivity contribution in [2.45, 2.75) is 6.92 Å². The number of nitrogens with zero attached hydrogens (tertiary/aromatic N) is 1. The van der Waals surface area contributed by atoms with Crippen LogP contribution in [0, 0.1) is 6.92 Å². The summed E-state index contributed by atoms with van der Waals surface area (Å²) in [5, 5.41) is 5.68. The van der Waals surface area contributed by atoms with Gasteiger partial charge in [0.05, 0.1) is 12.2 Å². The van der Waals surface area contributed by atoms with Gasteiger partial charge in [0.15, 0.2) is 0 Å². The van der Waals surface area contributed by atoms with Crippen LogP contribution in [0.4, 0.5) is 11.4 Å². The Bertz CT molecular complexity index is 788. The van der Waals surface area contributed by atoms with Crippen LogP contribution in [-0.2, 0) is 4.74 Å². The van der Waals surface area contributed by atoms with Crippen LogP contribution in [-0.4, -0.2) is 46.2 Å². The summed E-state index contributed by atoms with van der Waals surface area (Å²) in [5.74, 6) is -0.413. The van der Waals surface area contributed by atoms with Crippen molar-refractivity contribution >= 4 is 23.2 Å². The summed E-state index contributed by atoms with van der Waals surface area (Å²) in [5.41, 5.74) is 3.34. The number of ether oxygens (including phenoxy) is 1. The molecule has 0 unspecified atom stereocenters. The van der Waals surface area contributed by atoms with E-state index < -0.39 is 0 Å². The number of carbonyl (C=O) groups excluding carboxylic acids is 2. The Morgan fingerprint density at radius 3 is 2.42 bits per heavy atom. The summed E-state index contributed by atoms with van der Waals surface area (Å²) in [6, 6.07) is 12.7. The molecule has 0 atom stereocenters. The van der Waals surface area contributed by atoms with Crippen molar-refractivity contribution in [3.8, 4) is 0 Å². The fraction of sp³-hybridized carbons (Fsp3) is 0.300. The van der Waals surface area contributed by atoms with Gasteiger partial charge in [-0.25, -0.2) is 0 Å². The topological polar surface area (TPSA) is 70.7 Å². The second-order valence-corrected chi connectivity index (χ2v) is 6.14. The van der Waals surface area contributed by atoms with Gasteiger partial charge < -0.3 is 20.3 Å². The number of carbonyl (C=O) groups is 2. The highest BCUT2D eigenvalue weighted by atomic mass is 16.5. The number of hydrogen-bond acceptors (Lipinski definition) is 4. The average Bonchev–Trinajstić information content (AvgIpc) is 2.61. The molecule has 6 heteroatoms. The predicted molar refractivity (Wildman–Crippen MR) is 104 cm³/mol. The molecule has 0 fully saturated rings. The fourth-order valence-electron chi connectivity index (χ4n) is 2.57. The van der Waals surface area contributed by atoms with Crippen molar-refractivity contribution in [2.24, 2.45) is 0 Å². The molecule has 0 aromatic heterocycles. The first-order valence-electron chi connectivity index (χ1n) is 8.39. The summed E-state index contributed by atoms with van der Waals surface area (Å²) >= 11 is 0. The molecule has 0 aliphatic rings. The van der Waals surface area contributed by atoms with E-state index in [-0.39, 0.29) is 11.8 Å². The summed E-state index contributed by atoms with van der Waals surface area (Å²) in [6.07, 6.45) is 0. The Labute approximate surface area is 154 Å². The smallest absolute Gasteiger partial charge is 0.255 e. The van der Waals surface area contributed by atoms with Gasteiger partial charge >= 0.3 is 0 Å². The molecule has 2 aromatic rings. The molecule has 0 aliphatic carbocycles. The van der Waals surface area contributed by atoms with Crippen LogP contribution < -0.4 is 15.5 Å². The predicted octanol–water partition coefficient (Wildman–Crippen LogP) is 2.69. The minimum Gasteiger partial charge on any atom is -0.383 e. The van der Waals surface area contributed by atoms with Crippen molar-refractivity contribution in [2.75, 3.05) is 44.6 Å². The van der Waals surface area contributed by atoms with Crippen molar-refractivity contribution in [1.82, 2.24) is 5.32 Å². The van der Waals surface area contributed by atoms with Gasteiger partial charge in [0.25, 0.3) is 11.8 Å². The van der Waals surface area contributed by atoms with Crippen molar-refractivity contribution in [3.05, 3.63) is 59.2 Å². The van der Waals surface area contributed by atoms with E-state index in [0.717, 1.165) is 11.3 Å². The maximum Gasteiger partial charge on any atom is 0.255 e. The van der Waals surface area contributed by atoms with E-state index in [1.165, 1.54) is 0 Å². The Morgan fingerprint density at radius 1 is 1.04 bits per heavy atom. The summed E-state index contributed by atoms with van der Waals surface area (Å²) < 4.78 is 4.96. The largest absolute Gasteiger partial charge is 0.383 e. The molecule has 0 aliphatic heterocycles. The van der Waals surface area contributed by atoms with Crippen LogP contribution >= 0.6 is 0 Å². The van der Waals surface area contributed by atoms with Crippen LogP contribution in [0.1, 0.15) is 26.3 Å². The zero-order chi connectivity index (χ0) is 19.1. The number of anilines is 2. The molecule has 0 saturated carbocycles. The van der Waals surface area contributed by atoms with E-state index in [0.29, 0.717) is 30.0 Å². The highest BCUT2D eigenvalue weighted by Gasteiger charge is 2.15. The maximum absolute atomic E-state index is 12.5. The fourth-order valence-corrected chi connectivity index (χ4v) is 2.57. The molecule has 0 heterocycles. The van der Waals surface area contributed by atoms with Gasteiger partial charge in [-0.1, -0.05) is 18.2 Å². The molecule has 0 bridgehead atoms. The molecule has 26 heavy (non-hydrogen) atoms. The molecular weight excluding hydrogens is 330 g/mol. The number of benzene rings is 2. The summed E-state index contributed by atoms with van der Waals surface area (Å²) in [4.78, 5) is 26.9. The number of methoxy groups -OCH3 is 1. The van der Waals surface area contributed by atoms with Crippen LogP contribution in [0.3, 0.4) is 0 Å². The van der Waals surface area contributed by atoms with Gasteiger partial charge in [0.1, 0.15) is 0 Å². The van der Waals surface area contributed by atoms with Gasteiger partial charge in [-0.15, -0.1) is 0 Å². The van der Waals surface area contributed by atoms with Gasteiger partial charge in [-0.3, -0.25) is 9.59 Å². The Morgan fingerprint density at radius 2 is 1.77 bits per heavy atom. The zero-order valence-electron chi connectivity index (χ0n) is 15.6. The molecular formula is C20H25N3O3. The molecule has 0 saturated heterocycles. The lowest BCUT2D eigenvalue weighted by Gasteiger charge is -2.18. The summed E-state index contributed by atoms with van der Waals surface area (Å²) in [6.45, 7) is 2.74.